The van der Waals surface area contributed by atoms with Crippen LogP contribution >= 0.6 is 0 Å². The zero-order valence-electron chi connectivity index (χ0n) is 11.2. The minimum Gasteiger partial charge on any atom is -0.396 e. The number of aliphatic hydroxyl groups is 1. The van der Waals surface area contributed by atoms with E-state index in [9.17, 15) is 13.5 Å². The highest BCUT2D eigenvalue weighted by molar-refractivity contribution is 7.91. The Morgan fingerprint density at radius 2 is 1.80 bits per heavy atom. The quantitative estimate of drug-likeness (QED) is 0.788. The zero-order valence-corrected chi connectivity index (χ0v) is 12.0. The summed E-state index contributed by atoms with van der Waals surface area (Å²) in [6.45, 7) is 1.98. The van der Waals surface area contributed by atoms with Crippen LogP contribution in [0.1, 0.15) is 29.5 Å². The van der Waals surface area contributed by atoms with Crippen molar-refractivity contribution in [3.63, 3.8) is 0 Å². The van der Waals surface area contributed by atoms with Gasteiger partial charge < -0.3 is 5.11 Å². The Morgan fingerprint density at radius 3 is 2.55 bits per heavy atom. The van der Waals surface area contributed by atoms with Crippen molar-refractivity contribution in [3.05, 3.63) is 59.2 Å². The highest BCUT2D eigenvalue weighted by atomic mass is 32.2. The maximum atomic E-state index is 12.6. The topological polar surface area (TPSA) is 54.4 Å². The average Bonchev–Trinajstić information content (AvgIpc) is 2.46. The number of benzene rings is 2. The van der Waals surface area contributed by atoms with Gasteiger partial charge in [-0.3, -0.25) is 0 Å². The van der Waals surface area contributed by atoms with E-state index in [1.165, 1.54) is 0 Å². The van der Waals surface area contributed by atoms with Crippen molar-refractivity contribution in [3.8, 4) is 0 Å². The predicted octanol–water partition coefficient (Wildman–Crippen LogP) is 2.52. The van der Waals surface area contributed by atoms with Crippen LogP contribution in [0.15, 0.2) is 52.3 Å². The SMILES string of the molecule is CC(CO)c1ccc2c(c1)Cc1ccccc1S2(=O)=O. The molecule has 3 rings (SSSR count). The second kappa shape index (κ2) is 4.72. The van der Waals surface area contributed by atoms with E-state index in [0.717, 1.165) is 16.7 Å². The number of sulfone groups is 1. The van der Waals surface area contributed by atoms with Crippen molar-refractivity contribution in [1.29, 1.82) is 0 Å². The lowest BCUT2D eigenvalue weighted by molar-refractivity contribution is 0.273. The van der Waals surface area contributed by atoms with Crippen LogP contribution in [0.4, 0.5) is 0 Å². The molecule has 0 saturated carbocycles. The summed E-state index contributed by atoms with van der Waals surface area (Å²) >= 11 is 0. The number of aliphatic hydroxyl groups excluding tert-OH is 1. The maximum Gasteiger partial charge on any atom is 0.207 e. The van der Waals surface area contributed by atoms with Crippen molar-refractivity contribution in [1.82, 2.24) is 0 Å². The van der Waals surface area contributed by atoms with E-state index < -0.39 is 9.84 Å². The van der Waals surface area contributed by atoms with Crippen molar-refractivity contribution in [2.24, 2.45) is 0 Å². The van der Waals surface area contributed by atoms with Gasteiger partial charge in [-0.25, -0.2) is 8.42 Å². The molecule has 20 heavy (non-hydrogen) atoms. The molecule has 0 spiro atoms. The van der Waals surface area contributed by atoms with Gasteiger partial charge in [0, 0.05) is 18.9 Å². The lowest BCUT2D eigenvalue weighted by Gasteiger charge is -2.21. The molecule has 1 aliphatic heterocycles. The number of hydrogen-bond donors (Lipinski definition) is 1. The molecule has 1 heterocycles. The van der Waals surface area contributed by atoms with Crippen molar-refractivity contribution >= 4 is 9.84 Å². The molecule has 0 amide bonds. The molecular formula is C16H16O3S. The van der Waals surface area contributed by atoms with E-state index in [0.29, 0.717) is 16.2 Å². The van der Waals surface area contributed by atoms with Crippen LogP contribution in [0, 0.1) is 0 Å². The fraction of sp³-hybridized carbons (Fsp3) is 0.250. The maximum absolute atomic E-state index is 12.6. The van der Waals surface area contributed by atoms with Crippen LogP contribution in [-0.2, 0) is 16.3 Å². The molecule has 0 fully saturated rings. The highest BCUT2D eigenvalue weighted by Gasteiger charge is 2.29. The molecule has 3 nitrogen and oxygen atoms in total. The van der Waals surface area contributed by atoms with Crippen LogP contribution in [0.2, 0.25) is 0 Å². The van der Waals surface area contributed by atoms with Gasteiger partial charge in [-0.2, -0.15) is 0 Å². The smallest absolute Gasteiger partial charge is 0.207 e. The second-order valence-corrected chi connectivity index (χ2v) is 7.13. The summed E-state index contributed by atoms with van der Waals surface area (Å²) in [5, 5.41) is 9.23. The molecule has 0 saturated heterocycles. The Bertz CT molecular complexity index is 763. The van der Waals surface area contributed by atoms with E-state index in [2.05, 4.69) is 0 Å². The van der Waals surface area contributed by atoms with Gasteiger partial charge in [0.25, 0.3) is 0 Å². The van der Waals surface area contributed by atoms with Crippen molar-refractivity contribution in [2.45, 2.75) is 29.1 Å². The van der Waals surface area contributed by atoms with Gasteiger partial charge >= 0.3 is 0 Å². The minimum absolute atomic E-state index is 0.0141. The van der Waals surface area contributed by atoms with Gasteiger partial charge in [-0.1, -0.05) is 37.3 Å². The lowest BCUT2D eigenvalue weighted by atomic mass is 9.96. The summed E-state index contributed by atoms with van der Waals surface area (Å²) in [5.41, 5.74) is 2.64. The lowest BCUT2D eigenvalue weighted by Crippen LogP contribution is -2.15. The van der Waals surface area contributed by atoms with E-state index in [-0.39, 0.29) is 12.5 Å². The summed E-state index contributed by atoms with van der Waals surface area (Å²) in [4.78, 5) is 0.806. The van der Waals surface area contributed by atoms with Gasteiger partial charge in [-0.05, 0) is 28.8 Å². The standard InChI is InChI=1S/C16H16O3S/c1-11(10-17)12-6-7-16-14(8-12)9-13-4-2-3-5-15(13)20(16,18)19/h2-8,11,17H,9-10H2,1H3. The summed E-state index contributed by atoms with van der Waals surface area (Å²) in [6.07, 6.45) is 0.622. The van der Waals surface area contributed by atoms with E-state index in [1.54, 1.807) is 24.3 Å². The largest absolute Gasteiger partial charge is 0.396 e. The van der Waals surface area contributed by atoms with Crippen molar-refractivity contribution in [2.75, 3.05) is 6.61 Å². The van der Waals surface area contributed by atoms with Gasteiger partial charge in [0.05, 0.1) is 9.79 Å². The summed E-state index contributed by atoms with van der Waals surface area (Å²) in [7, 11) is -3.41. The van der Waals surface area contributed by atoms with Crippen LogP contribution in [-0.4, -0.2) is 20.1 Å². The first kappa shape index (κ1) is 13.3. The van der Waals surface area contributed by atoms with Gasteiger partial charge in [0.1, 0.15) is 0 Å². The molecule has 4 heteroatoms. The Morgan fingerprint density at radius 1 is 1.10 bits per heavy atom. The first-order chi connectivity index (χ1) is 9.54. The first-order valence-electron chi connectivity index (χ1n) is 6.60. The molecule has 0 aromatic heterocycles. The predicted molar refractivity (Wildman–Crippen MR) is 76.6 cm³/mol. The molecule has 0 bridgehead atoms. The third-order valence-corrected chi connectivity index (χ3v) is 5.81. The van der Waals surface area contributed by atoms with Gasteiger partial charge in [-0.15, -0.1) is 0 Å². The normalized spacial score (nSPS) is 17.1. The average molecular weight is 288 g/mol. The fourth-order valence-electron chi connectivity index (χ4n) is 2.65. The first-order valence-corrected chi connectivity index (χ1v) is 8.09. The van der Waals surface area contributed by atoms with Crippen molar-refractivity contribution < 1.29 is 13.5 Å². The summed E-state index contributed by atoms with van der Waals surface area (Å²) in [6, 6.07) is 12.5. The highest BCUT2D eigenvalue weighted by Crippen LogP contribution is 2.35. The van der Waals surface area contributed by atoms with E-state index >= 15 is 0 Å². The second-order valence-electron chi connectivity index (χ2n) is 5.24. The van der Waals surface area contributed by atoms with Gasteiger partial charge in [0.15, 0.2) is 0 Å². The van der Waals surface area contributed by atoms with Crippen LogP contribution in [0.3, 0.4) is 0 Å². The van der Waals surface area contributed by atoms with E-state index in [1.807, 2.05) is 25.1 Å². The molecule has 1 unspecified atom stereocenters. The summed E-state index contributed by atoms with van der Waals surface area (Å²) < 4.78 is 25.2. The van der Waals surface area contributed by atoms with Gasteiger partial charge in [0.2, 0.25) is 9.84 Å². The fourth-order valence-corrected chi connectivity index (χ4v) is 4.35. The number of fused-ring (bicyclic) bond motifs is 2. The number of hydrogen-bond acceptors (Lipinski definition) is 3. The third-order valence-electron chi connectivity index (χ3n) is 3.86. The third kappa shape index (κ3) is 1.96. The minimum atomic E-state index is -3.41. The molecule has 0 radical (unpaired) electrons. The Balaban J connectivity index is 2.18. The summed E-state index contributed by atoms with van der Waals surface area (Å²) in [5.74, 6) is 0.0141. The molecule has 1 N–H and O–H groups in total. The number of rotatable bonds is 2. The zero-order chi connectivity index (χ0) is 14.3. The Kier molecular flexibility index (Phi) is 3.15. The molecule has 1 aliphatic rings. The Hall–Kier alpha value is -1.65. The Labute approximate surface area is 118 Å². The molecule has 2 aromatic carbocycles. The molecule has 0 aliphatic carbocycles. The molecular weight excluding hydrogens is 272 g/mol. The monoisotopic (exact) mass is 288 g/mol. The molecule has 104 valence electrons. The molecule has 1 atom stereocenters. The van der Waals surface area contributed by atoms with Crippen LogP contribution < -0.4 is 0 Å². The van der Waals surface area contributed by atoms with E-state index in [4.69, 9.17) is 0 Å². The van der Waals surface area contributed by atoms with Crippen LogP contribution in [0.25, 0.3) is 0 Å². The van der Waals surface area contributed by atoms with Crippen LogP contribution in [0.5, 0.6) is 0 Å². The molecule has 2 aromatic rings.